The van der Waals surface area contributed by atoms with Crippen molar-refractivity contribution in [3.8, 4) is 0 Å². The van der Waals surface area contributed by atoms with Crippen LogP contribution in [0.1, 0.15) is 12.6 Å². The second-order valence-corrected chi connectivity index (χ2v) is 9.13. The van der Waals surface area contributed by atoms with Gasteiger partial charge in [0.25, 0.3) is 0 Å². The van der Waals surface area contributed by atoms with E-state index < -0.39 is 5.60 Å². The molecule has 152 valence electrons. The Kier molecular flexibility index (Phi) is 5.62. The summed E-state index contributed by atoms with van der Waals surface area (Å²) in [5.74, 6) is 1.55. The standard InChI is InChI=1S/C20H27N3O4S/c1-2-28-11-19(26)22-8-16-15(10-24)17-9-23(13-20(16,12-22)27-17)18(25)7-14-5-3-4-6-21-14/h3-6,15-17,24H,2,7-13H2,1H3/t15-,16+,17+,20-/m0/s1. The number of hydrogen-bond acceptors (Lipinski definition) is 6. The number of likely N-dealkylation sites (tertiary alicyclic amines) is 2. The molecule has 4 atom stereocenters. The number of pyridine rings is 1. The van der Waals surface area contributed by atoms with Crippen molar-refractivity contribution in [1.29, 1.82) is 0 Å². The van der Waals surface area contributed by atoms with Crippen LogP contribution in [0.5, 0.6) is 0 Å². The van der Waals surface area contributed by atoms with Crippen LogP contribution in [0.25, 0.3) is 0 Å². The van der Waals surface area contributed by atoms with Gasteiger partial charge in [0.2, 0.25) is 11.8 Å². The third-order valence-corrected chi connectivity index (χ3v) is 7.05. The van der Waals surface area contributed by atoms with Gasteiger partial charge in [-0.15, -0.1) is 0 Å². The van der Waals surface area contributed by atoms with Crippen molar-refractivity contribution in [3.05, 3.63) is 30.1 Å². The van der Waals surface area contributed by atoms with Crippen molar-refractivity contribution < 1.29 is 19.4 Å². The minimum atomic E-state index is -0.553. The van der Waals surface area contributed by atoms with Crippen molar-refractivity contribution in [1.82, 2.24) is 14.8 Å². The Morgan fingerprint density at radius 3 is 2.75 bits per heavy atom. The molecule has 4 rings (SSSR count). The Labute approximate surface area is 169 Å². The summed E-state index contributed by atoms with van der Waals surface area (Å²) in [5.41, 5.74) is 0.196. The highest BCUT2D eigenvalue weighted by Gasteiger charge is 2.63. The number of hydrogen-bond donors (Lipinski definition) is 1. The minimum Gasteiger partial charge on any atom is -0.396 e. The maximum absolute atomic E-state index is 12.9. The zero-order valence-electron chi connectivity index (χ0n) is 16.1. The summed E-state index contributed by atoms with van der Waals surface area (Å²) >= 11 is 1.61. The van der Waals surface area contributed by atoms with Crippen LogP contribution in [0.15, 0.2) is 24.4 Å². The maximum atomic E-state index is 12.9. The molecule has 3 saturated heterocycles. The van der Waals surface area contributed by atoms with Gasteiger partial charge in [-0.2, -0.15) is 11.8 Å². The van der Waals surface area contributed by atoms with Gasteiger partial charge in [-0.05, 0) is 17.9 Å². The molecular formula is C20H27N3O4S. The molecule has 3 aliphatic rings. The molecule has 0 unspecified atom stereocenters. The summed E-state index contributed by atoms with van der Waals surface area (Å²) in [6.07, 6.45) is 1.78. The number of ether oxygens (including phenoxy) is 1. The van der Waals surface area contributed by atoms with Crippen molar-refractivity contribution in [2.45, 2.75) is 25.0 Å². The van der Waals surface area contributed by atoms with E-state index >= 15 is 0 Å². The molecule has 2 bridgehead atoms. The lowest BCUT2D eigenvalue weighted by Crippen LogP contribution is -2.56. The molecule has 1 aromatic rings. The van der Waals surface area contributed by atoms with E-state index in [2.05, 4.69) is 4.98 Å². The number of aliphatic hydroxyl groups excluding tert-OH is 1. The zero-order chi connectivity index (χ0) is 19.7. The van der Waals surface area contributed by atoms with Crippen molar-refractivity contribution in [3.63, 3.8) is 0 Å². The highest BCUT2D eigenvalue weighted by Crippen LogP contribution is 2.49. The molecule has 0 radical (unpaired) electrons. The second kappa shape index (κ2) is 8.00. The topological polar surface area (TPSA) is 83.0 Å². The molecule has 8 heteroatoms. The maximum Gasteiger partial charge on any atom is 0.232 e. The number of aromatic nitrogens is 1. The van der Waals surface area contributed by atoms with E-state index in [1.807, 2.05) is 34.9 Å². The van der Waals surface area contributed by atoms with E-state index in [0.29, 0.717) is 31.9 Å². The molecule has 7 nitrogen and oxygen atoms in total. The first-order valence-corrected chi connectivity index (χ1v) is 11.0. The van der Waals surface area contributed by atoms with Crippen LogP contribution >= 0.6 is 11.8 Å². The molecule has 1 N–H and O–H groups in total. The number of morpholine rings is 1. The van der Waals surface area contributed by atoms with E-state index in [1.165, 1.54) is 0 Å². The highest BCUT2D eigenvalue weighted by molar-refractivity contribution is 7.99. The molecule has 1 spiro atoms. The fourth-order valence-corrected chi connectivity index (χ4v) is 5.43. The molecule has 0 aliphatic carbocycles. The molecule has 28 heavy (non-hydrogen) atoms. The Hall–Kier alpha value is -1.64. The van der Waals surface area contributed by atoms with E-state index in [1.54, 1.807) is 18.0 Å². The van der Waals surface area contributed by atoms with Crippen LogP contribution in [0, 0.1) is 11.8 Å². The van der Waals surface area contributed by atoms with E-state index in [-0.39, 0.29) is 42.8 Å². The normalized spacial score (nSPS) is 31.1. The summed E-state index contributed by atoms with van der Waals surface area (Å²) in [4.78, 5) is 33.4. The number of aliphatic hydroxyl groups is 1. The van der Waals surface area contributed by atoms with Gasteiger partial charge in [0.1, 0.15) is 5.60 Å². The molecule has 0 saturated carbocycles. The zero-order valence-corrected chi connectivity index (χ0v) is 16.9. The minimum absolute atomic E-state index is 0.0189. The summed E-state index contributed by atoms with van der Waals surface area (Å²) in [5, 5.41) is 9.98. The number of thioether (sulfide) groups is 1. The number of fused-ring (bicyclic) bond motifs is 1. The number of nitrogens with zero attached hydrogens (tertiary/aromatic N) is 3. The third-order valence-electron chi connectivity index (χ3n) is 6.20. The van der Waals surface area contributed by atoms with Gasteiger partial charge in [0.15, 0.2) is 0 Å². The molecule has 1 aromatic heterocycles. The fraction of sp³-hybridized carbons (Fsp3) is 0.650. The SMILES string of the molecule is CCSCC(=O)N1C[C@@H]2[C@H](CO)[C@H]3CN(C(=O)Cc4ccccn4)C[C@]2(C1)O3. The van der Waals surface area contributed by atoms with Gasteiger partial charge in [-0.25, -0.2) is 0 Å². The predicted octanol–water partition coefficient (Wildman–Crippen LogP) is 0.424. The molecule has 0 aromatic carbocycles. The molecule has 3 aliphatic heterocycles. The highest BCUT2D eigenvalue weighted by atomic mass is 32.2. The number of rotatable bonds is 6. The monoisotopic (exact) mass is 405 g/mol. The van der Waals surface area contributed by atoms with Crippen LogP contribution in [-0.2, 0) is 20.7 Å². The van der Waals surface area contributed by atoms with E-state index in [0.717, 1.165) is 11.4 Å². The molecule has 3 fully saturated rings. The first kappa shape index (κ1) is 19.7. The van der Waals surface area contributed by atoms with Gasteiger partial charge >= 0.3 is 0 Å². The molecule has 4 heterocycles. The second-order valence-electron chi connectivity index (χ2n) is 7.86. The van der Waals surface area contributed by atoms with Crippen LogP contribution in [-0.4, -0.2) is 87.7 Å². The quantitative estimate of drug-likeness (QED) is 0.739. The third kappa shape index (κ3) is 3.53. The summed E-state index contributed by atoms with van der Waals surface area (Å²) in [6, 6.07) is 5.56. The van der Waals surface area contributed by atoms with Gasteiger partial charge in [-0.3, -0.25) is 14.6 Å². The van der Waals surface area contributed by atoms with Crippen LogP contribution < -0.4 is 0 Å². The Balaban J connectivity index is 1.49. The fourth-order valence-electron chi connectivity index (χ4n) is 4.86. The van der Waals surface area contributed by atoms with Crippen molar-refractivity contribution in [2.24, 2.45) is 11.8 Å². The average Bonchev–Trinajstić information content (AvgIpc) is 3.14. The first-order valence-electron chi connectivity index (χ1n) is 9.88. The number of amides is 2. The summed E-state index contributed by atoms with van der Waals surface area (Å²) < 4.78 is 6.36. The Bertz CT molecular complexity index is 733. The lowest BCUT2D eigenvalue weighted by atomic mass is 9.83. The Morgan fingerprint density at radius 2 is 2.07 bits per heavy atom. The smallest absolute Gasteiger partial charge is 0.232 e. The van der Waals surface area contributed by atoms with Crippen molar-refractivity contribution >= 4 is 23.6 Å². The number of carbonyl (C=O) groups excluding carboxylic acids is 2. The summed E-state index contributed by atoms with van der Waals surface area (Å²) in [6.45, 7) is 4.13. The van der Waals surface area contributed by atoms with E-state index in [9.17, 15) is 14.7 Å². The lowest BCUT2D eigenvalue weighted by Gasteiger charge is -2.40. The Morgan fingerprint density at radius 1 is 1.29 bits per heavy atom. The van der Waals surface area contributed by atoms with Crippen molar-refractivity contribution in [2.75, 3.05) is 44.3 Å². The van der Waals surface area contributed by atoms with Crippen LogP contribution in [0.2, 0.25) is 0 Å². The van der Waals surface area contributed by atoms with Gasteiger partial charge < -0.3 is 19.6 Å². The van der Waals surface area contributed by atoms with Gasteiger partial charge in [0.05, 0.1) is 31.4 Å². The first-order chi connectivity index (χ1) is 13.6. The van der Waals surface area contributed by atoms with Crippen LogP contribution in [0.3, 0.4) is 0 Å². The van der Waals surface area contributed by atoms with Crippen LogP contribution in [0.4, 0.5) is 0 Å². The van der Waals surface area contributed by atoms with Gasteiger partial charge in [0, 0.05) is 43.4 Å². The largest absolute Gasteiger partial charge is 0.396 e. The molecular weight excluding hydrogens is 378 g/mol. The molecule has 2 amide bonds. The van der Waals surface area contributed by atoms with E-state index in [4.69, 9.17) is 4.74 Å². The summed E-state index contributed by atoms with van der Waals surface area (Å²) in [7, 11) is 0. The lowest BCUT2D eigenvalue weighted by molar-refractivity contribution is -0.154. The average molecular weight is 406 g/mol. The number of carbonyl (C=O) groups is 2. The predicted molar refractivity (Wildman–Crippen MR) is 106 cm³/mol. The van der Waals surface area contributed by atoms with Gasteiger partial charge in [-0.1, -0.05) is 13.0 Å².